The molecule has 2 nitrogen and oxygen atoms in total. The predicted octanol–water partition coefficient (Wildman–Crippen LogP) is 4.03. The zero-order valence-electron chi connectivity index (χ0n) is 14.0. The van der Waals surface area contributed by atoms with Crippen LogP contribution in [0.1, 0.15) is 11.1 Å². The SMILES string of the molecule is COCOc1ccc(Cc2ccccc2)cc1Pc1ccccc1F. The Morgan fingerprint density at radius 1 is 0.840 bits per heavy atom. The molecule has 3 aromatic carbocycles. The summed E-state index contributed by atoms with van der Waals surface area (Å²) in [4.78, 5) is 0. The van der Waals surface area contributed by atoms with Crippen molar-refractivity contribution in [2.45, 2.75) is 6.42 Å². The van der Waals surface area contributed by atoms with Gasteiger partial charge in [0.05, 0.1) is 0 Å². The number of hydrogen-bond donors (Lipinski definition) is 0. The van der Waals surface area contributed by atoms with Gasteiger partial charge in [-0.3, -0.25) is 0 Å². The Morgan fingerprint density at radius 2 is 1.60 bits per heavy atom. The van der Waals surface area contributed by atoms with Crippen molar-refractivity contribution in [1.29, 1.82) is 0 Å². The van der Waals surface area contributed by atoms with Crippen molar-refractivity contribution >= 4 is 19.2 Å². The molecule has 0 saturated carbocycles. The summed E-state index contributed by atoms with van der Waals surface area (Å²) >= 11 is 0. The predicted molar refractivity (Wildman–Crippen MR) is 102 cm³/mol. The van der Waals surface area contributed by atoms with Crippen molar-refractivity contribution < 1.29 is 13.9 Å². The Kier molecular flexibility index (Phi) is 6.16. The molecule has 0 bridgehead atoms. The lowest BCUT2D eigenvalue weighted by Gasteiger charge is -2.13. The van der Waals surface area contributed by atoms with Crippen molar-refractivity contribution in [3.63, 3.8) is 0 Å². The van der Waals surface area contributed by atoms with Gasteiger partial charge in [-0.2, -0.15) is 0 Å². The van der Waals surface area contributed by atoms with Crippen LogP contribution in [0, 0.1) is 5.82 Å². The quantitative estimate of drug-likeness (QED) is 0.471. The molecule has 0 amide bonds. The molecule has 0 heterocycles. The molecule has 0 N–H and O–H groups in total. The second-order valence-electron chi connectivity index (χ2n) is 5.65. The molecule has 0 radical (unpaired) electrons. The highest BCUT2D eigenvalue weighted by Crippen LogP contribution is 2.23. The molecule has 0 aliphatic carbocycles. The van der Waals surface area contributed by atoms with Crippen LogP contribution in [0.5, 0.6) is 5.75 Å². The Morgan fingerprint density at radius 3 is 2.36 bits per heavy atom. The number of hydrogen-bond acceptors (Lipinski definition) is 2. The van der Waals surface area contributed by atoms with Crippen LogP contribution in [0.15, 0.2) is 72.8 Å². The van der Waals surface area contributed by atoms with E-state index in [-0.39, 0.29) is 21.2 Å². The van der Waals surface area contributed by atoms with Gasteiger partial charge in [0.15, 0.2) is 6.79 Å². The van der Waals surface area contributed by atoms with Crippen molar-refractivity contribution in [2.75, 3.05) is 13.9 Å². The summed E-state index contributed by atoms with van der Waals surface area (Å²) in [6.07, 6.45) is 0.833. The molecule has 1 unspecified atom stereocenters. The summed E-state index contributed by atoms with van der Waals surface area (Å²) in [5.41, 5.74) is 2.42. The van der Waals surface area contributed by atoms with E-state index in [0.717, 1.165) is 17.5 Å². The second-order valence-corrected chi connectivity index (χ2v) is 6.98. The van der Waals surface area contributed by atoms with E-state index in [2.05, 4.69) is 18.2 Å². The van der Waals surface area contributed by atoms with Crippen LogP contribution in [0.3, 0.4) is 0 Å². The molecule has 0 aliphatic rings. The molecule has 0 spiro atoms. The highest BCUT2D eigenvalue weighted by Gasteiger charge is 2.10. The van der Waals surface area contributed by atoms with Crippen molar-refractivity contribution in [3.05, 3.63) is 89.7 Å². The first kappa shape index (κ1) is 17.6. The van der Waals surface area contributed by atoms with Crippen LogP contribution in [0.4, 0.5) is 4.39 Å². The number of rotatable bonds is 7. The summed E-state index contributed by atoms with van der Waals surface area (Å²) in [5.74, 6) is 0.548. The summed E-state index contributed by atoms with van der Waals surface area (Å²) in [7, 11) is 1.77. The maximum absolute atomic E-state index is 14.0. The fourth-order valence-electron chi connectivity index (χ4n) is 2.57. The maximum atomic E-state index is 14.0. The average Bonchev–Trinajstić information content (AvgIpc) is 2.64. The molecule has 0 aliphatic heterocycles. The summed E-state index contributed by atoms with van der Waals surface area (Å²) < 4.78 is 24.7. The van der Waals surface area contributed by atoms with E-state index in [1.54, 1.807) is 13.2 Å². The Hall–Kier alpha value is -2.22. The van der Waals surface area contributed by atoms with Gasteiger partial charge in [-0.05, 0) is 35.7 Å². The normalized spacial score (nSPS) is 11.1. The van der Waals surface area contributed by atoms with Gasteiger partial charge in [0.2, 0.25) is 0 Å². The van der Waals surface area contributed by atoms with E-state index in [1.807, 2.05) is 42.5 Å². The van der Waals surface area contributed by atoms with E-state index < -0.39 is 0 Å². The smallest absolute Gasteiger partial charge is 0.188 e. The molecule has 0 saturated heterocycles. The highest BCUT2D eigenvalue weighted by atomic mass is 31.1. The van der Waals surface area contributed by atoms with E-state index in [9.17, 15) is 4.39 Å². The lowest BCUT2D eigenvalue weighted by atomic mass is 10.1. The fraction of sp³-hybridized carbons (Fsp3) is 0.143. The van der Waals surface area contributed by atoms with Crippen molar-refractivity contribution in [2.24, 2.45) is 0 Å². The third-order valence-electron chi connectivity index (χ3n) is 3.77. The highest BCUT2D eigenvalue weighted by molar-refractivity contribution is 7.55. The number of halogens is 1. The Bertz CT molecular complexity index is 821. The zero-order valence-corrected chi connectivity index (χ0v) is 15.0. The van der Waals surface area contributed by atoms with Gasteiger partial charge in [-0.15, -0.1) is 0 Å². The molecule has 1 atom stereocenters. The van der Waals surface area contributed by atoms with E-state index in [0.29, 0.717) is 5.30 Å². The van der Waals surface area contributed by atoms with Crippen LogP contribution >= 0.6 is 8.58 Å². The summed E-state index contributed by atoms with van der Waals surface area (Å²) in [6, 6.07) is 23.3. The standard InChI is InChI=1S/C21H20FO2P/c1-23-15-24-19-12-11-17(13-16-7-3-2-4-8-16)14-21(19)25-20-10-6-5-9-18(20)22/h2-12,14,25H,13,15H2,1H3. The molecule has 3 rings (SSSR count). The van der Waals surface area contributed by atoms with Gasteiger partial charge in [0.25, 0.3) is 0 Å². The van der Waals surface area contributed by atoms with E-state index in [1.165, 1.54) is 17.2 Å². The zero-order chi connectivity index (χ0) is 17.5. The van der Waals surface area contributed by atoms with Crippen LogP contribution in [-0.2, 0) is 11.2 Å². The van der Waals surface area contributed by atoms with Crippen molar-refractivity contribution in [3.8, 4) is 5.75 Å². The summed E-state index contributed by atoms with van der Waals surface area (Å²) in [5, 5.41) is 1.66. The van der Waals surface area contributed by atoms with Crippen LogP contribution < -0.4 is 15.3 Å². The monoisotopic (exact) mass is 354 g/mol. The second kappa shape index (κ2) is 8.75. The van der Waals surface area contributed by atoms with Gasteiger partial charge in [0, 0.05) is 17.7 Å². The van der Waals surface area contributed by atoms with Gasteiger partial charge in [-0.1, -0.05) is 63.2 Å². The maximum Gasteiger partial charge on any atom is 0.188 e. The Labute approximate surface area is 149 Å². The van der Waals surface area contributed by atoms with Crippen LogP contribution in [0.2, 0.25) is 0 Å². The topological polar surface area (TPSA) is 18.5 Å². The summed E-state index contributed by atoms with van der Waals surface area (Å²) in [6.45, 7) is 0.173. The van der Waals surface area contributed by atoms with Gasteiger partial charge >= 0.3 is 0 Å². The van der Waals surface area contributed by atoms with Gasteiger partial charge in [-0.25, -0.2) is 4.39 Å². The first-order valence-electron chi connectivity index (χ1n) is 8.06. The van der Waals surface area contributed by atoms with Crippen molar-refractivity contribution in [1.82, 2.24) is 0 Å². The minimum atomic E-state index is -0.188. The van der Waals surface area contributed by atoms with Crippen LogP contribution in [-0.4, -0.2) is 13.9 Å². The van der Waals surface area contributed by atoms with Gasteiger partial charge < -0.3 is 9.47 Å². The third-order valence-corrected chi connectivity index (χ3v) is 5.11. The molecule has 4 heteroatoms. The minimum Gasteiger partial charge on any atom is -0.467 e. The number of benzene rings is 3. The first-order chi connectivity index (χ1) is 12.3. The van der Waals surface area contributed by atoms with E-state index in [4.69, 9.17) is 9.47 Å². The molecular weight excluding hydrogens is 334 g/mol. The number of ether oxygens (including phenoxy) is 2. The number of methoxy groups -OCH3 is 1. The lowest BCUT2D eigenvalue weighted by Crippen LogP contribution is -2.13. The fourth-order valence-corrected chi connectivity index (χ4v) is 3.78. The molecule has 0 fully saturated rings. The molecular formula is C21H20FO2P. The van der Waals surface area contributed by atoms with Gasteiger partial charge in [0.1, 0.15) is 11.6 Å². The average molecular weight is 354 g/mol. The first-order valence-corrected chi connectivity index (χ1v) is 9.06. The Balaban J connectivity index is 1.88. The third kappa shape index (κ3) is 4.88. The van der Waals surface area contributed by atoms with Crippen LogP contribution in [0.25, 0.3) is 0 Å². The molecule has 3 aromatic rings. The molecule has 128 valence electrons. The minimum absolute atomic E-state index is 0.173. The lowest BCUT2D eigenvalue weighted by molar-refractivity contribution is 0.0519. The molecule has 0 aromatic heterocycles. The molecule has 25 heavy (non-hydrogen) atoms. The van der Waals surface area contributed by atoms with E-state index >= 15 is 0 Å². The largest absolute Gasteiger partial charge is 0.467 e.